The fourth-order valence-electron chi connectivity index (χ4n) is 3.58. The van der Waals surface area contributed by atoms with E-state index in [1.807, 2.05) is 12.1 Å². The number of hydrogen-bond acceptors (Lipinski definition) is 6. The first-order valence-electron chi connectivity index (χ1n) is 10.8. The van der Waals surface area contributed by atoms with Crippen LogP contribution in [-0.2, 0) is 5.41 Å². The van der Waals surface area contributed by atoms with Crippen LogP contribution in [0.3, 0.4) is 0 Å². The molecule has 3 aromatic rings. The Morgan fingerprint density at radius 3 is 2.24 bits per heavy atom. The zero-order valence-electron chi connectivity index (χ0n) is 19.8. The zero-order chi connectivity index (χ0) is 24.5. The minimum absolute atomic E-state index is 0.00659. The number of benzene rings is 3. The quantitative estimate of drug-likeness (QED) is 0.272. The van der Waals surface area contributed by atoms with Gasteiger partial charge in [-0.1, -0.05) is 32.9 Å². The number of esters is 1. The van der Waals surface area contributed by atoms with Crippen LogP contribution in [0.1, 0.15) is 52.6 Å². The fourth-order valence-corrected chi connectivity index (χ4v) is 3.58. The Bertz CT molecular complexity index is 1280. The number of allylic oxidation sites excluding steroid dienone is 1. The lowest BCUT2D eigenvalue weighted by Crippen LogP contribution is -2.12. The average Bonchev–Trinajstić information content (AvgIpc) is 3.13. The normalized spacial score (nSPS) is 13.9. The molecule has 0 saturated heterocycles. The third-order valence-electron chi connectivity index (χ3n) is 5.57. The Morgan fingerprint density at radius 1 is 0.882 bits per heavy atom. The van der Waals surface area contributed by atoms with Crippen molar-refractivity contribution >= 4 is 17.8 Å². The summed E-state index contributed by atoms with van der Waals surface area (Å²) in [6.07, 6.45) is 1.61. The van der Waals surface area contributed by atoms with Crippen LogP contribution in [0.25, 0.3) is 6.08 Å². The van der Waals surface area contributed by atoms with E-state index in [2.05, 4.69) is 20.8 Å². The largest absolute Gasteiger partial charge is 0.497 e. The molecule has 0 radical (unpaired) electrons. The fraction of sp³-hybridized carbons (Fsp3) is 0.214. The summed E-state index contributed by atoms with van der Waals surface area (Å²) in [5, 5.41) is 0. The van der Waals surface area contributed by atoms with Gasteiger partial charge in [-0.2, -0.15) is 0 Å². The van der Waals surface area contributed by atoms with Crippen molar-refractivity contribution in [2.24, 2.45) is 0 Å². The molecule has 0 bridgehead atoms. The van der Waals surface area contributed by atoms with E-state index in [1.165, 1.54) is 0 Å². The molecule has 0 unspecified atom stereocenters. The standard InChI is InChI=1S/C28H26O6/c1-28(2,3)19-9-6-17(7-10-19)27(30)33-21-12-13-22-24(16-21)34-25(26(22)29)14-18-8-11-20(31-4)15-23(18)32-5/h6-16H,1-5H3. The summed E-state index contributed by atoms with van der Waals surface area (Å²) in [6.45, 7) is 6.33. The van der Waals surface area contributed by atoms with Crippen molar-refractivity contribution in [3.63, 3.8) is 0 Å². The smallest absolute Gasteiger partial charge is 0.343 e. The van der Waals surface area contributed by atoms with E-state index in [9.17, 15) is 9.59 Å². The number of carbonyl (C=O) groups excluding carboxylic acids is 2. The van der Waals surface area contributed by atoms with Gasteiger partial charge in [0.05, 0.1) is 25.3 Å². The van der Waals surface area contributed by atoms with Crippen molar-refractivity contribution < 1.29 is 28.5 Å². The summed E-state index contributed by atoms with van der Waals surface area (Å²) >= 11 is 0. The Hall–Kier alpha value is -4.06. The molecule has 6 heteroatoms. The van der Waals surface area contributed by atoms with Crippen LogP contribution in [-0.4, -0.2) is 26.0 Å². The molecule has 0 spiro atoms. The number of methoxy groups -OCH3 is 2. The molecule has 0 aliphatic carbocycles. The molecule has 174 valence electrons. The molecular formula is C28H26O6. The second kappa shape index (κ2) is 9.06. The average molecular weight is 459 g/mol. The lowest BCUT2D eigenvalue weighted by Gasteiger charge is -2.18. The van der Waals surface area contributed by atoms with Gasteiger partial charge in [-0.05, 0) is 53.5 Å². The van der Waals surface area contributed by atoms with Gasteiger partial charge in [0.2, 0.25) is 5.78 Å². The van der Waals surface area contributed by atoms with E-state index >= 15 is 0 Å². The van der Waals surface area contributed by atoms with E-state index < -0.39 is 5.97 Å². The first kappa shape index (κ1) is 23.1. The zero-order valence-corrected chi connectivity index (χ0v) is 19.8. The van der Waals surface area contributed by atoms with Crippen molar-refractivity contribution in [3.05, 3.63) is 88.7 Å². The van der Waals surface area contributed by atoms with Gasteiger partial charge in [0.15, 0.2) is 5.76 Å². The molecule has 0 aromatic heterocycles. The highest BCUT2D eigenvalue weighted by Gasteiger charge is 2.28. The van der Waals surface area contributed by atoms with Crippen LogP contribution in [0.5, 0.6) is 23.0 Å². The molecule has 0 atom stereocenters. The third-order valence-corrected chi connectivity index (χ3v) is 5.57. The van der Waals surface area contributed by atoms with E-state index in [-0.39, 0.29) is 17.0 Å². The first-order chi connectivity index (χ1) is 16.2. The predicted molar refractivity (Wildman–Crippen MR) is 129 cm³/mol. The van der Waals surface area contributed by atoms with Crippen LogP contribution < -0.4 is 18.9 Å². The van der Waals surface area contributed by atoms with Gasteiger partial charge in [0, 0.05) is 17.7 Å². The van der Waals surface area contributed by atoms with E-state index in [0.717, 1.165) is 5.56 Å². The van der Waals surface area contributed by atoms with Gasteiger partial charge in [-0.25, -0.2) is 4.79 Å². The lowest BCUT2D eigenvalue weighted by atomic mass is 9.87. The maximum Gasteiger partial charge on any atom is 0.343 e. The molecular weight excluding hydrogens is 432 g/mol. The van der Waals surface area contributed by atoms with Gasteiger partial charge in [-0.3, -0.25) is 4.79 Å². The number of Topliss-reactive ketones (excluding diaryl/α,β-unsaturated/α-hetero) is 1. The monoisotopic (exact) mass is 458 g/mol. The maximum atomic E-state index is 12.8. The van der Waals surface area contributed by atoms with Crippen LogP contribution in [0, 0.1) is 0 Å². The molecule has 1 heterocycles. The highest BCUT2D eigenvalue weighted by Crippen LogP contribution is 2.36. The van der Waals surface area contributed by atoms with Gasteiger partial charge >= 0.3 is 5.97 Å². The summed E-state index contributed by atoms with van der Waals surface area (Å²) in [6, 6.07) is 17.3. The van der Waals surface area contributed by atoms with E-state index in [4.69, 9.17) is 18.9 Å². The Morgan fingerprint density at radius 2 is 1.59 bits per heavy atom. The molecule has 4 rings (SSSR count). The molecule has 3 aromatic carbocycles. The lowest BCUT2D eigenvalue weighted by molar-refractivity contribution is 0.0734. The maximum absolute atomic E-state index is 12.8. The second-order valence-corrected chi connectivity index (χ2v) is 8.92. The SMILES string of the molecule is COc1ccc(C=C2Oc3cc(OC(=O)c4ccc(C(C)(C)C)cc4)ccc3C2=O)c(OC)c1. The summed E-state index contributed by atoms with van der Waals surface area (Å²) < 4.78 is 21.9. The van der Waals surface area contributed by atoms with Crippen LogP contribution in [0.15, 0.2) is 66.4 Å². The number of fused-ring (bicyclic) bond motifs is 1. The molecule has 0 saturated carbocycles. The molecule has 6 nitrogen and oxygen atoms in total. The highest BCUT2D eigenvalue weighted by atomic mass is 16.5. The van der Waals surface area contributed by atoms with Crippen molar-refractivity contribution in [3.8, 4) is 23.0 Å². The molecule has 0 N–H and O–H groups in total. The summed E-state index contributed by atoms with van der Waals surface area (Å²) in [4.78, 5) is 25.4. The topological polar surface area (TPSA) is 71.1 Å². The molecule has 0 amide bonds. The summed E-state index contributed by atoms with van der Waals surface area (Å²) in [7, 11) is 3.11. The Labute approximate surface area is 198 Å². The van der Waals surface area contributed by atoms with Crippen molar-refractivity contribution in [1.82, 2.24) is 0 Å². The number of hydrogen-bond donors (Lipinski definition) is 0. The minimum Gasteiger partial charge on any atom is -0.497 e. The van der Waals surface area contributed by atoms with E-state index in [0.29, 0.717) is 39.7 Å². The van der Waals surface area contributed by atoms with Gasteiger partial charge < -0.3 is 18.9 Å². The first-order valence-corrected chi connectivity index (χ1v) is 10.8. The second-order valence-electron chi connectivity index (χ2n) is 8.92. The van der Waals surface area contributed by atoms with Crippen LogP contribution in [0.2, 0.25) is 0 Å². The van der Waals surface area contributed by atoms with Crippen LogP contribution in [0.4, 0.5) is 0 Å². The summed E-state index contributed by atoms with van der Waals surface area (Å²) in [5.74, 6) is 1.22. The van der Waals surface area contributed by atoms with Crippen molar-refractivity contribution in [1.29, 1.82) is 0 Å². The number of ketones is 1. The number of ether oxygens (including phenoxy) is 4. The molecule has 34 heavy (non-hydrogen) atoms. The predicted octanol–water partition coefficient (Wildman–Crippen LogP) is 5.84. The Balaban J connectivity index is 1.53. The highest BCUT2D eigenvalue weighted by molar-refractivity contribution is 6.14. The van der Waals surface area contributed by atoms with Gasteiger partial charge in [-0.15, -0.1) is 0 Å². The molecule has 1 aliphatic heterocycles. The van der Waals surface area contributed by atoms with Crippen molar-refractivity contribution in [2.45, 2.75) is 26.2 Å². The molecule has 1 aliphatic rings. The summed E-state index contributed by atoms with van der Waals surface area (Å²) in [5.41, 5.74) is 2.63. The van der Waals surface area contributed by atoms with E-state index in [1.54, 1.807) is 68.8 Å². The number of carbonyl (C=O) groups is 2. The van der Waals surface area contributed by atoms with Gasteiger partial charge in [0.25, 0.3) is 0 Å². The molecule has 0 fully saturated rings. The number of rotatable bonds is 5. The minimum atomic E-state index is -0.483. The van der Waals surface area contributed by atoms with Crippen LogP contribution >= 0.6 is 0 Å². The third kappa shape index (κ3) is 4.66. The van der Waals surface area contributed by atoms with Gasteiger partial charge in [0.1, 0.15) is 23.0 Å². The Kier molecular flexibility index (Phi) is 6.16. The van der Waals surface area contributed by atoms with Crippen molar-refractivity contribution in [2.75, 3.05) is 14.2 Å².